The number of nitrogens with zero attached hydrogens (tertiary/aromatic N) is 3. The fourth-order valence-electron chi connectivity index (χ4n) is 2.95. The summed E-state index contributed by atoms with van der Waals surface area (Å²) >= 11 is 0. The van der Waals surface area contributed by atoms with Gasteiger partial charge in [-0.25, -0.2) is 9.50 Å². The number of H-pyrrole nitrogens is 1. The number of nitriles is 1. The number of amides is 1. The van der Waals surface area contributed by atoms with Gasteiger partial charge in [-0.2, -0.15) is 5.26 Å². The van der Waals surface area contributed by atoms with Crippen LogP contribution in [0.3, 0.4) is 0 Å². The Balaban J connectivity index is 1.53. The van der Waals surface area contributed by atoms with Crippen molar-refractivity contribution < 1.29 is 9.53 Å². The second kappa shape index (κ2) is 6.59. The number of nitrogens with one attached hydrogen (secondary N) is 3. The molecule has 3 aromatic rings. The van der Waals surface area contributed by atoms with Crippen molar-refractivity contribution in [3.63, 3.8) is 0 Å². The lowest BCUT2D eigenvalue weighted by atomic mass is 10.1. The number of aromatic nitrogens is 3. The van der Waals surface area contributed by atoms with Crippen molar-refractivity contribution in [1.29, 1.82) is 5.26 Å². The van der Waals surface area contributed by atoms with E-state index in [1.807, 2.05) is 31.2 Å². The summed E-state index contributed by atoms with van der Waals surface area (Å²) in [6.07, 6.45) is 1.45. The maximum Gasteiger partial charge on any atom is 0.272 e. The zero-order chi connectivity index (χ0) is 19.0. The van der Waals surface area contributed by atoms with Gasteiger partial charge < -0.3 is 15.4 Å². The van der Waals surface area contributed by atoms with Crippen molar-refractivity contribution in [1.82, 2.24) is 19.9 Å². The fraction of sp³-hybridized carbons (Fsp3) is 0.222. The van der Waals surface area contributed by atoms with Gasteiger partial charge in [0, 0.05) is 24.8 Å². The zero-order valence-electron chi connectivity index (χ0n) is 14.4. The Morgan fingerprint density at radius 3 is 3.07 bits per heavy atom. The van der Waals surface area contributed by atoms with E-state index in [0.29, 0.717) is 34.9 Å². The molecular weight excluding hydrogens is 348 g/mol. The largest absolute Gasteiger partial charge is 0.482 e. The molecule has 0 radical (unpaired) electrons. The van der Waals surface area contributed by atoms with E-state index < -0.39 is 0 Å². The molecule has 1 aliphatic rings. The van der Waals surface area contributed by atoms with E-state index in [2.05, 4.69) is 20.7 Å². The maximum absolute atomic E-state index is 12.1. The summed E-state index contributed by atoms with van der Waals surface area (Å²) in [6.45, 7) is 2.34. The lowest BCUT2D eigenvalue weighted by Crippen LogP contribution is -2.26. The van der Waals surface area contributed by atoms with Crippen molar-refractivity contribution in [2.45, 2.75) is 19.5 Å². The lowest BCUT2D eigenvalue weighted by molar-refractivity contribution is -0.118. The standard InChI is InChI=1S/C18H16N6O3/c1-10(11-2-3-15-14(4-11)23-16(25)9-27-15)20-8-13-5-17(26)24-18(22-13)12(6-19)7-21-24/h2-5,7,10,20-21H,8-9H2,1H3,(H,23,25). The summed E-state index contributed by atoms with van der Waals surface area (Å²) in [5.41, 5.74) is 2.48. The van der Waals surface area contributed by atoms with Crippen molar-refractivity contribution in [2.24, 2.45) is 0 Å². The lowest BCUT2D eigenvalue weighted by Gasteiger charge is -2.21. The third-order valence-corrected chi connectivity index (χ3v) is 4.40. The number of carbonyl (C=O) groups is 1. The highest BCUT2D eigenvalue weighted by Gasteiger charge is 2.17. The minimum atomic E-state index is -0.278. The van der Waals surface area contributed by atoms with Crippen LogP contribution in [0.1, 0.15) is 29.8 Å². The number of anilines is 1. The van der Waals surface area contributed by atoms with Crippen LogP contribution in [0, 0.1) is 11.3 Å². The minimum absolute atomic E-state index is 0.0215. The molecule has 9 nitrogen and oxygen atoms in total. The van der Waals surface area contributed by atoms with Crippen LogP contribution in [0.25, 0.3) is 5.65 Å². The van der Waals surface area contributed by atoms with Gasteiger partial charge in [0.05, 0.1) is 11.4 Å². The summed E-state index contributed by atoms with van der Waals surface area (Å²) in [7, 11) is 0. The second-order valence-electron chi connectivity index (χ2n) is 6.24. The van der Waals surface area contributed by atoms with Crippen LogP contribution in [0.15, 0.2) is 35.3 Å². The summed E-state index contributed by atoms with van der Waals surface area (Å²) in [6, 6.07) is 8.96. The smallest absolute Gasteiger partial charge is 0.272 e. The topological polar surface area (TPSA) is 124 Å². The average Bonchev–Trinajstić information content (AvgIpc) is 3.09. The number of hydrogen-bond donors (Lipinski definition) is 3. The quantitative estimate of drug-likeness (QED) is 0.636. The second-order valence-corrected chi connectivity index (χ2v) is 6.24. The van der Waals surface area contributed by atoms with E-state index in [4.69, 9.17) is 10.00 Å². The molecule has 1 aliphatic heterocycles. The molecule has 1 amide bonds. The summed E-state index contributed by atoms with van der Waals surface area (Å²) in [5.74, 6) is 0.459. The number of rotatable bonds is 4. The monoisotopic (exact) mass is 364 g/mol. The Hall–Kier alpha value is -3.64. The first-order valence-electron chi connectivity index (χ1n) is 8.35. The highest BCUT2D eigenvalue weighted by Crippen LogP contribution is 2.30. The fourth-order valence-corrected chi connectivity index (χ4v) is 2.95. The van der Waals surface area contributed by atoms with Crippen molar-refractivity contribution in [2.75, 3.05) is 11.9 Å². The molecule has 0 saturated heterocycles. The van der Waals surface area contributed by atoms with Crippen LogP contribution in [-0.4, -0.2) is 27.1 Å². The number of ether oxygens (including phenoxy) is 1. The Bertz CT molecular complexity index is 1140. The predicted molar refractivity (Wildman–Crippen MR) is 96.3 cm³/mol. The third kappa shape index (κ3) is 3.14. The molecule has 0 saturated carbocycles. The highest BCUT2D eigenvalue weighted by atomic mass is 16.5. The number of aromatic amines is 1. The molecule has 0 bridgehead atoms. The molecule has 1 aromatic carbocycles. The van der Waals surface area contributed by atoms with Crippen LogP contribution in [0.5, 0.6) is 5.75 Å². The normalized spacial score (nSPS) is 14.1. The van der Waals surface area contributed by atoms with Gasteiger partial charge in [0.1, 0.15) is 17.4 Å². The molecule has 0 spiro atoms. The molecule has 136 valence electrons. The molecule has 4 rings (SSSR count). The van der Waals surface area contributed by atoms with Crippen LogP contribution in [0.4, 0.5) is 5.69 Å². The molecule has 1 unspecified atom stereocenters. The summed E-state index contributed by atoms with van der Waals surface area (Å²) in [4.78, 5) is 28.0. The van der Waals surface area contributed by atoms with Crippen molar-refractivity contribution in [3.05, 3.63) is 57.6 Å². The SMILES string of the molecule is CC(NCc1cc(=O)n2[nH]cc(C#N)c2n1)c1ccc2c(c1)NC(=O)CO2. The highest BCUT2D eigenvalue weighted by molar-refractivity contribution is 5.95. The third-order valence-electron chi connectivity index (χ3n) is 4.40. The van der Waals surface area contributed by atoms with E-state index in [1.165, 1.54) is 16.8 Å². The molecule has 27 heavy (non-hydrogen) atoms. The number of benzene rings is 1. The molecule has 0 fully saturated rings. The maximum atomic E-state index is 12.1. The molecule has 3 heterocycles. The average molecular weight is 364 g/mol. The Morgan fingerprint density at radius 1 is 1.41 bits per heavy atom. The number of carbonyl (C=O) groups excluding carboxylic acids is 1. The molecule has 2 aromatic heterocycles. The van der Waals surface area contributed by atoms with Gasteiger partial charge in [0.15, 0.2) is 12.3 Å². The van der Waals surface area contributed by atoms with E-state index in [0.717, 1.165) is 5.56 Å². The first-order valence-corrected chi connectivity index (χ1v) is 8.35. The first kappa shape index (κ1) is 16.8. The van der Waals surface area contributed by atoms with Gasteiger partial charge in [-0.05, 0) is 24.6 Å². The van der Waals surface area contributed by atoms with E-state index in [9.17, 15) is 9.59 Å². The van der Waals surface area contributed by atoms with Crippen LogP contribution in [-0.2, 0) is 11.3 Å². The van der Waals surface area contributed by atoms with Crippen LogP contribution < -0.4 is 20.9 Å². The van der Waals surface area contributed by atoms with Gasteiger partial charge in [-0.1, -0.05) is 6.07 Å². The zero-order valence-corrected chi connectivity index (χ0v) is 14.4. The van der Waals surface area contributed by atoms with Crippen molar-refractivity contribution >= 4 is 17.2 Å². The summed E-state index contributed by atoms with van der Waals surface area (Å²) < 4.78 is 6.59. The van der Waals surface area contributed by atoms with E-state index >= 15 is 0 Å². The van der Waals surface area contributed by atoms with Crippen molar-refractivity contribution in [3.8, 4) is 11.8 Å². The van der Waals surface area contributed by atoms with Crippen LogP contribution >= 0.6 is 0 Å². The van der Waals surface area contributed by atoms with E-state index in [1.54, 1.807) is 0 Å². The number of hydrogen-bond acceptors (Lipinski definition) is 6. The minimum Gasteiger partial charge on any atom is -0.482 e. The van der Waals surface area contributed by atoms with E-state index in [-0.39, 0.29) is 24.1 Å². The first-order chi connectivity index (χ1) is 13.0. The molecule has 0 aliphatic carbocycles. The Kier molecular flexibility index (Phi) is 4.10. The predicted octanol–water partition coefficient (Wildman–Crippen LogP) is 1.08. The Morgan fingerprint density at radius 2 is 2.26 bits per heavy atom. The van der Waals surface area contributed by atoms with Gasteiger partial charge in [-0.3, -0.25) is 14.7 Å². The molecule has 9 heteroatoms. The molecule has 1 atom stereocenters. The Labute approximate surface area is 153 Å². The van der Waals surface area contributed by atoms with Gasteiger partial charge in [0.25, 0.3) is 11.5 Å². The molecule has 3 N–H and O–H groups in total. The van der Waals surface area contributed by atoms with Crippen LogP contribution in [0.2, 0.25) is 0 Å². The van der Waals surface area contributed by atoms with Gasteiger partial charge in [-0.15, -0.1) is 0 Å². The number of fused-ring (bicyclic) bond motifs is 2. The van der Waals surface area contributed by atoms with Gasteiger partial charge in [0.2, 0.25) is 0 Å². The summed E-state index contributed by atoms with van der Waals surface area (Å²) in [5, 5.41) is 17.9. The van der Waals surface area contributed by atoms with Gasteiger partial charge >= 0.3 is 0 Å². The molecular formula is C18H16N6O3.